The van der Waals surface area contributed by atoms with Crippen LogP contribution in [0.2, 0.25) is 0 Å². The summed E-state index contributed by atoms with van der Waals surface area (Å²) in [6.07, 6.45) is 2.03. The van der Waals surface area contributed by atoms with Crippen molar-refractivity contribution in [3.05, 3.63) is 64.7 Å². The molecule has 4 rings (SSSR count). The van der Waals surface area contributed by atoms with Gasteiger partial charge in [0.2, 0.25) is 0 Å². The zero-order valence-electron chi connectivity index (χ0n) is 17.6. The van der Waals surface area contributed by atoms with Crippen LogP contribution in [0.4, 0.5) is 5.69 Å². The summed E-state index contributed by atoms with van der Waals surface area (Å²) in [5.74, 6) is -1.40. The van der Waals surface area contributed by atoms with Crippen molar-refractivity contribution in [2.45, 2.75) is 26.7 Å². The van der Waals surface area contributed by atoms with Crippen LogP contribution in [-0.4, -0.2) is 48.3 Å². The molecule has 0 saturated carbocycles. The number of carbonyl (C=O) groups excluding carboxylic acids is 4. The van der Waals surface area contributed by atoms with Gasteiger partial charge in [0.25, 0.3) is 17.7 Å². The van der Waals surface area contributed by atoms with Gasteiger partial charge in [-0.25, -0.2) is 9.69 Å². The van der Waals surface area contributed by atoms with Crippen molar-refractivity contribution in [2.24, 2.45) is 5.92 Å². The lowest BCUT2D eigenvalue weighted by molar-refractivity contribution is -0.136. The fraction of sp³-hybridized carbons (Fsp3) is 0.333. The first kappa shape index (κ1) is 20.8. The molecule has 2 heterocycles. The van der Waals surface area contributed by atoms with Crippen LogP contribution in [0.1, 0.15) is 56.4 Å². The van der Waals surface area contributed by atoms with Gasteiger partial charge in [-0.2, -0.15) is 0 Å². The number of likely N-dealkylation sites (tertiary alicyclic amines) is 1. The largest absolute Gasteiger partial charge is 0.452 e. The molecule has 0 bridgehead atoms. The van der Waals surface area contributed by atoms with Crippen molar-refractivity contribution in [1.82, 2.24) is 4.90 Å². The zero-order chi connectivity index (χ0) is 22.1. The van der Waals surface area contributed by atoms with Crippen molar-refractivity contribution >= 4 is 29.4 Å². The number of rotatable bonds is 4. The van der Waals surface area contributed by atoms with Crippen LogP contribution in [0.25, 0.3) is 0 Å². The van der Waals surface area contributed by atoms with Crippen LogP contribution < -0.4 is 4.90 Å². The molecule has 1 atom stereocenters. The molecule has 0 N–H and O–H groups in total. The molecule has 0 aromatic heterocycles. The topological polar surface area (TPSA) is 84.0 Å². The third-order valence-electron chi connectivity index (χ3n) is 5.82. The Balaban J connectivity index is 1.47. The Hall–Kier alpha value is -3.48. The van der Waals surface area contributed by atoms with E-state index < -0.39 is 17.8 Å². The molecule has 0 spiro atoms. The number of benzene rings is 2. The Labute approximate surface area is 180 Å². The Bertz CT molecular complexity index is 1080. The maximum atomic E-state index is 12.9. The van der Waals surface area contributed by atoms with Crippen LogP contribution in [0.5, 0.6) is 0 Å². The van der Waals surface area contributed by atoms with Gasteiger partial charge in [0.1, 0.15) is 0 Å². The quantitative estimate of drug-likeness (QED) is 0.560. The fourth-order valence-electron chi connectivity index (χ4n) is 4.12. The standard InChI is InChI=1S/C24H24N2O5/c1-15-6-5-11-25(13-15)21(27)14-31-24(30)17-9-10-18-19(12-17)23(29)26(22(18)28)20-8-4-3-7-16(20)2/h3-4,7-10,12,15H,5-6,11,13-14H2,1-2H3/t15-/m0/s1. The van der Waals surface area contributed by atoms with Crippen molar-refractivity contribution in [3.63, 3.8) is 0 Å². The number of aryl methyl sites for hydroxylation is 1. The number of piperidine rings is 1. The highest BCUT2D eigenvalue weighted by atomic mass is 16.5. The maximum absolute atomic E-state index is 12.9. The van der Waals surface area contributed by atoms with E-state index in [0.29, 0.717) is 24.7 Å². The molecule has 2 aliphatic heterocycles. The van der Waals surface area contributed by atoms with Gasteiger partial charge >= 0.3 is 5.97 Å². The number of anilines is 1. The van der Waals surface area contributed by atoms with E-state index in [0.717, 1.165) is 23.3 Å². The maximum Gasteiger partial charge on any atom is 0.338 e. The van der Waals surface area contributed by atoms with Gasteiger partial charge in [-0.1, -0.05) is 25.1 Å². The highest BCUT2D eigenvalue weighted by Crippen LogP contribution is 2.31. The van der Waals surface area contributed by atoms with Gasteiger partial charge in [0.15, 0.2) is 6.61 Å². The lowest BCUT2D eigenvalue weighted by Gasteiger charge is -2.30. The van der Waals surface area contributed by atoms with Gasteiger partial charge in [-0.15, -0.1) is 0 Å². The summed E-state index contributed by atoms with van der Waals surface area (Å²) in [4.78, 5) is 53.4. The molecule has 7 nitrogen and oxygen atoms in total. The van der Waals surface area contributed by atoms with Gasteiger partial charge in [-0.05, 0) is 55.5 Å². The molecule has 0 unspecified atom stereocenters. The minimum Gasteiger partial charge on any atom is -0.452 e. The van der Waals surface area contributed by atoms with Crippen LogP contribution in [0, 0.1) is 12.8 Å². The number of imide groups is 1. The molecule has 0 aliphatic carbocycles. The van der Waals surface area contributed by atoms with Gasteiger partial charge in [0.05, 0.1) is 22.4 Å². The van der Waals surface area contributed by atoms with Crippen molar-refractivity contribution in [1.29, 1.82) is 0 Å². The number of esters is 1. The summed E-state index contributed by atoms with van der Waals surface area (Å²) in [5.41, 5.74) is 1.83. The number of amides is 3. The molecule has 0 radical (unpaired) electrons. The summed E-state index contributed by atoms with van der Waals surface area (Å²) in [6.45, 7) is 4.91. The molecular weight excluding hydrogens is 396 g/mol. The molecular formula is C24H24N2O5. The SMILES string of the molecule is Cc1ccccc1N1C(=O)c2ccc(C(=O)OCC(=O)N3CCC[C@H](C)C3)cc2C1=O. The highest BCUT2D eigenvalue weighted by molar-refractivity contribution is 6.34. The second-order valence-corrected chi connectivity index (χ2v) is 8.16. The summed E-state index contributed by atoms with van der Waals surface area (Å²) in [7, 11) is 0. The fourth-order valence-corrected chi connectivity index (χ4v) is 4.12. The number of ether oxygens (including phenoxy) is 1. The van der Waals surface area contributed by atoms with Crippen molar-refractivity contribution in [3.8, 4) is 0 Å². The Morgan fingerprint density at radius 3 is 2.55 bits per heavy atom. The number of carbonyl (C=O) groups is 4. The second-order valence-electron chi connectivity index (χ2n) is 8.16. The van der Waals surface area contributed by atoms with E-state index in [1.54, 1.807) is 17.0 Å². The first-order chi connectivity index (χ1) is 14.9. The summed E-state index contributed by atoms with van der Waals surface area (Å²) in [5, 5.41) is 0. The normalized spacial score (nSPS) is 18.2. The minimum absolute atomic E-state index is 0.131. The number of fused-ring (bicyclic) bond motifs is 1. The summed E-state index contributed by atoms with van der Waals surface area (Å²) >= 11 is 0. The molecule has 31 heavy (non-hydrogen) atoms. The third kappa shape index (κ3) is 3.95. The average Bonchev–Trinajstić information content (AvgIpc) is 3.02. The Kier molecular flexibility index (Phi) is 5.59. The lowest BCUT2D eigenvalue weighted by atomic mass is 10.0. The molecule has 2 aromatic carbocycles. The van der Waals surface area contributed by atoms with Gasteiger partial charge < -0.3 is 9.64 Å². The molecule has 160 valence electrons. The number of para-hydroxylation sites is 1. The van der Waals surface area contributed by atoms with Crippen molar-refractivity contribution in [2.75, 3.05) is 24.6 Å². The minimum atomic E-state index is -0.698. The van der Waals surface area contributed by atoms with Crippen LogP contribution in [-0.2, 0) is 9.53 Å². The molecule has 3 amide bonds. The smallest absolute Gasteiger partial charge is 0.338 e. The zero-order valence-corrected chi connectivity index (χ0v) is 17.6. The monoisotopic (exact) mass is 420 g/mol. The predicted octanol–water partition coefficient (Wildman–Crippen LogP) is 3.21. The van der Waals surface area contributed by atoms with E-state index in [1.165, 1.54) is 18.2 Å². The Morgan fingerprint density at radius 1 is 1.06 bits per heavy atom. The van der Waals surface area contributed by atoms with Gasteiger partial charge in [0, 0.05) is 13.1 Å². The third-order valence-corrected chi connectivity index (χ3v) is 5.82. The number of nitrogens with zero attached hydrogens (tertiary/aromatic N) is 2. The van der Waals surface area contributed by atoms with E-state index in [4.69, 9.17) is 4.74 Å². The van der Waals surface area contributed by atoms with Crippen LogP contribution >= 0.6 is 0 Å². The first-order valence-corrected chi connectivity index (χ1v) is 10.4. The molecule has 7 heteroatoms. The van der Waals surface area contributed by atoms with Gasteiger partial charge in [-0.3, -0.25) is 14.4 Å². The number of hydrogen-bond donors (Lipinski definition) is 0. The second kappa shape index (κ2) is 8.34. The first-order valence-electron chi connectivity index (χ1n) is 10.4. The van der Waals surface area contributed by atoms with Crippen LogP contribution in [0.3, 0.4) is 0 Å². The number of hydrogen-bond acceptors (Lipinski definition) is 5. The Morgan fingerprint density at radius 2 is 1.81 bits per heavy atom. The van der Waals surface area contributed by atoms with E-state index in [2.05, 4.69) is 6.92 Å². The average molecular weight is 420 g/mol. The van der Waals surface area contributed by atoms with Crippen molar-refractivity contribution < 1.29 is 23.9 Å². The molecule has 1 saturated heterocycles. The molecule has 2 aliphatic rings. The summed E-state index contributed by atoms with van der Waals surface area (Å²) < 4.78 is 5.19. The van der Waals surface area contributed by atoms with E-state index in [1.807, 2.05) is 19.1 Å². The van der Waals surface area contributed by atoms with E-state index in [9.17, 15) is 19.2 Å². The lowest BCUT2D eigenvalue weighted by Crippen LogP contribution is -2.41. The molecule has 1 fully saturated rings. The van der Waals surface area contributed by atoms with E-state index in [-0.39, 0.29) is 29.2 Å². The predicted molar refractivity (Wildman–Crippen MR) is 114 cm³/mol. The van der Waals surface area contributed by atoms with Crippen LogP contribution in [0.15, 0.2) is 42.5 Å². The molecule has 2 aromatic rings. The highest BCUT2D eigenvalue weighted by Gasteiger charge is 2.37. The van der Waals surface area contributed by atoms with E-state index >= 15 is 0 Å². The summed E-state index contributed by atoms with van der Waals surface area (Å²) in [6, 6.07) is 11.4.